The molecule has 0 N–H and O–H groups in total. The summed E-state index contributed by atoms with van der Waals surface area (Å²) in [7, 11) is 0. The SMILES string of the molecule is c1cnc(N2CCN(c3ncsn3)CC2)nc1. The van der Waals surface area contributed by atoms with Crippen LogP contribution in [0.15, 0.2) is 24.0 Å². The highest BCUT2D eigenvalue weighted by Gasteiger charge is 2.20. The van der Waals surface area contributed by atoms with Gasteiger partial charge in [-0.1, -0.05) is 0 Å². The summed E-state index contributed by atoms with van der Waals surface area (Å²) in [5.74, 6) is 1.64. The van der Waals surface area contributed by atoms with Gasteiger partial charge in [-0.3, -0.25) is 0 Å². The Morgan fingerprint density at radius 3 is 2.12 bits per heavy atom. The van der Waals surface area contributed by atoms with Crippen molar-refractivity contribution in [2.75, 3.05) is 36.0 Å². The van der Waals surface area contributed by atoms with Crippen LogP contribution >= 0.6 is 11.5 Å². The van der Waals surface area contributed by atoms with Crippen LogP contribution in [0.1, 0.15) is 0 Å². The van der Waals surface area contributed by atoms with E-state index in [1.807, 2.05) is 6.07 Å². The fourth-order valence-corrected chi connectivity index (χ4v) is 2.31. The van der Waals surface area contributed by atoms with E-state index in [0.717, 1.165) is 38.1 Å². The predicted molar refractivity (Wildman–Crippen MR) is 66.4 cm³/mol. The zero-order valence-electron chi connectivity index (χ0n) is 9.23. The minimum Gasteiger partial charge on any atom is -0.337 e. The Labute approximate surface area is 103 Å². The van der Waals surface area contributed by atoms with Gasteiger partial charge in [-0.05, 0) is 17.6 Å². The molecule has 2 aromatic heterocycles. The van der Waals surface area contributed by atoms with Gasteiger partial charge in [-0.2, -0.15) is 4.37 Å². The molecule has 1 aliphatic rings. The van der Waals surface area contributed by atoms with Crippen molar-refractivity contribution in [3.63, 3.8) is 0 Å². The van der Waals surface area contributed by atoms with Gasteiger partial charge >= 0.3 is 0 Å². The zero-order valence-corrected chi connectivity index (χ0v) is 10.0. The second-order valence-electron chi connectivity index (χ2n) is 3.75. The van der Waals surface area contributed by atoms with Gasteiger partial charge in [0.25, 0.3) is 0 Å². The molecule has 2 aromatic rings. The molecule has 0 saturated carbocycles. The third-order valence-corrected chi connectivity index (χ3v) is 3.22. The molecular weight excluding hydrogens is 236 g/mol. The molecule has 6 nitrogen and oxygen atoms in total. The Bertz CT molecular complexity index is 451. The summed E-state index contributed by atoms with van der Waals surface area (Å²) in [5.41, 5.74) is 1.77. The Hall–Kier alpha value is -1.76. The molecular formula is C10H12N6S. The molecule has 1 fully saturated rings. The van der Waals surface area contributed by atoms with Crippen molar-refractivity contribution in [2.24, 2.45) is 0 Å². The smallest absolute Gasteiger partial charge is 0.237 e. The molecule has 0 atom stereocenters. The molecule has 7 heteroatoms. The van der Waals surface area contributed by atoms with Crippen LogP contribution in [0.4, 0.5) is 11.9 Å². The van der Waals surface area contributed by atoms with Crippen molar-refractivity contribution in [3.05, 3.63) is 24.0 Å². The first-order chi connectivity index (χ1) is 8.43. The van der Waals surface area contributed by atoms with Crippen LogP contribution in [0.25, 0.3) is 0 Å². The maximum Gasteiger partial charge on any atom is 0.237 e. The molecule has 0 unspecified atom stereocenters. The molecule has 0 amide bonds. The first kappa shape index (κ1) is 10.4. The van der Waals surface area contributed by atoms with Crippen LogP contribution in [0.2, 0.25) is 0 Å². The minimum atomic E-state index is 0.804. The zero-order chi connectivity index (χ0) is 11.5. The van der Waals surface area contributed by atoms with Crippen molar-refractivity contribution >= 4 is 23.4 Å². The lowest BCUT2D eigenvalue weighted by atomic mass is 10.3. The molecule has 0 spiro atoms. The first-order valence-corrected chi connectivity index (χ1v) is 6.30. The number of nitrogens with zero attached hydrogens (tertiary/aromatic N) is 6. The lowest BCUT2D eigenvalue weighted by Crippen LogP contribution is -2.47. The quantitative estimate of drug-likeness (QED) is 0.778. The van der Waals surface area contributed by atoms with E-state index in [9.17, 15) is 0 Å². The van der Waals surface area contributed by atoms with E-state index in [4.69, 9.17) is 0 Å². The lowest BCUT2D eigenvalue weighted by molar-refractivity contribution is 0.631. The minimum absolute atomic E-state index is 0.804. The third-order valence-electron chi connectivity index (χ3n) is 2.75. The average molecular weight is 248 g/mol. The monoisotopic (exact) mass is 248 g/mol. The molecule has 0 aliphatic carbocycles. The average Bonchev–Trinajstić information content (AvgIpc) is 2.94. The Morgan fingerprint density at radius 1 is 0.882 bits per heavy atom. The molecule has 3 rings (SSSR count). The molecule has 88 valence electrons. The molecule has 0 radical (unpaired) electrons. The second-order valence-corrected chi connectivity index (χ2v) is 4.36. The van der Waals surface area contributed by atoms with Gasteiger partial charge in [-0.15, -0.1) is 0 Å². The topological polar surface area (TPSA) is 58.0 Å². The van der Waals surface area contributed by atoms with E-state index in [0.29, 0.717) is 0 Å². The summed E-state index contributed by atoms with van der Waals surface area (Å²) < 4.78 is 4.24. The summed E-state index contributed by atoms with van der Waals surface area (Å²) in [4.78, 5) is 17.1. The number of aromatic nitrogens is 4. The largest absolute Gasteiger partial charge is 0.337 e. The normalized spacial score (nSPS) is 16.2. The van der Waals surface area contributed by atoms with Crippen molar-refractivity contribution in [2.45, 2.75) is 0 Å². The lowest BCUT2D eigenvalue weighted by Gasteiger charge is -2.33. The molecule has 1 aliphatic heterocycles. The third kappa shape index (κ3) is 2.19. The molecule has 17 heavy (non-hydrogen) atoms. The summed E-state index contributed by atoms with van der Waals surface area (Å²) in [6.07, 6.45) is 3.55. The number of rotatable bonds is 2. The summed E-state index contributed by atoms with van der Waals surface area (Å²) in [6.45, 7) is 3.64. The van der Waals surface area contributed by atoms with E-state index in [1.54, 1.807) is 17.9 Å². The van der Waals surface area contributed by atoms with Crippen LogP contribution in [0.3, 0.4) is 0 Å². The van der Waals surface area contributed by atoms with Gasteiger partial charge in [-0.25, -0.2) is 15.0 Å². The summed E-state index contributed by atoms with van der Waals surface area (Å²) >= 11 is 1.39. The molecule has 1 saturated heterocycles. The van der Waals surface area contributed by atoms with Crippen LogP contribution in [0, 0.1) is 0 Å². The van der Waals surface area contributed by atoms with Crippen molar-refractivity contribution in [3.8, 4) is 0 Å². The number of anilines is 2. The maximum absolute atomic E-state index is 4.26. The van der Waals surface area contributed by atoms with Crippen LogP contribution in [0.5, 0.6) is 0 Å². The number of hydrogen-bond acceptors (Lipinski definition) is 7. The van der Waals surface area contributed by atoms with E-state index in [1.165, 1.54) is 11.5 Å². The van der Waals surface area contributed by atoms with Crippen LogP contribution < -0.4 is 9.80 Å². The molecule has 0 bridgehead atoms. The highest BCUT2D eigenvalue weighted by Crippen LogP contribution is 2.14. The standard InChI is InChI=1S/C10H12N6S/c1-2-11-9(12-3-1)15-4-6-16(7-5-15)10-13-8-17-14-10/h1-3,8H,4-7H2. The van der Waals surface area contributed by atoms with E-state index in [-0.39, 0.29) is 0 Å². The fraction of sp³-hybridized carbons (Fsp3) is 0.400. The molecule has 3 heterocycles. The number of piperazine rings is 1. The van der Waals surface area contributed by atoms with Gasteiger partial charge in [0.05, 0.1) is 0 Å². The second kappa shape index (κ2) is 4.62. The highest BCUT2D eigenvalue weighted by atomic mass is 32.1. The van der Waals surface area contributed by atoms with Gasteiger partial charge < -0.3 is 9.80 Å². The van der Waals surface area contributed by atoms with Gasteiger partial charge in [0.15, 0.2) is 0 Å². The van der Waals surface area contributed by atoms with Crippen molar-refractivity contribution in [1.29, 1.82) is 0 Å². The maximum atomic E-state index is 4.26. The van der Waals surface area contributed by atoms with Gasteiger partial charge in [0.1, 0.15) is 5.51 Å². The molecule has 0 aromatic carbocycles. The summed E-state index contributed by atoms with van der Waals surface area (Å²) in [5, 5.41) is 0. The Kier molecular flexibility index (Phi) is 2.83. The van der Waals surface area contributed by atoms with Crippen molar-refractivity contribution < 1.29 is 0 Å². The van der Waals surface area contributed by atoms with Crippen LogP contribution in [-0.4, -0.2) is 45.5 Å². The number of hydrogen-bond donors (Lipinski definition) is 0. The fourth-order valence-electron chi connectivity index (χ4n) is 1.87. The van der Waals surface area contributed by atoms with Gasteiger partial charge in [0.2, 0.25) is 11.9 Å². The first-order valence-electron chi connectivity index (χ1n) is 5.47. The Balaban J connectivity index is 1.65. The van der Waals surface area contributed by atoms with Crippen molar-refractivity contribution in [1.82, 2.24) is 19.3 Å². The van der Waals surface area contributed by atoms with E-state index in [2.05, 4.69) is 29.1 Å². The highest BCUT2D eigenvalue weighted by molar-refractivity contribution is 7.03. The van der Waals surface area contributed by atoms with Crippen LogP contribution in [-0.2, 0) is 0 Å². The van der Waals surface area contributed by atoms with Gasteiger partial charge in [0, 0.05) is 38.6 Å². The predicted octanol–water partition coefficient (Wildman–Crippen LogP) is 0.655. The summed E-state index contributed by atoms with van der Waals surface area (Å²) in [6, 6.07) is 1.83. The van der Waals surface area contributed by atoms with E-state index >= 15 is 0 Å². The van der Waals surface area contributed by atoms with E-state index < -0.39 is 0 Å². The Morgan fingerprint density at radius 2 is 1.53 bits per heavy atom.